The topological polar surface area (TPSA) is 38.1 Å². The van der Waals surface area contributed by atoms with Crippen LogP contribution < -0.4 is 0 Å². The van der Waals surface area contributed by atoms with Crippen LogP contribution in [0.1, 0.15) is 51.5 Å². The lowest BCUT2D eigenvalue weighted by Gasteiger charge is -2.13. The highest BCUT2D eigenvalue weighted by molar-refractivity contribution is 8.26. The molecule has 2 aromatic carbocycles. The first-order valence-corrected chi connectivity index (χ1v) is 14.5. The summed E-state index contributed by atoms with van der Waals surface area (Å²) in [6.45, 7) is 5.06. The van der Waals surface area contributed by atoms with E-state index in [2.05, 4.69) is 38.1 Å². The number of amides is 1. The average molecular weight is 522 g/mol. The highest BCUT2D eigenvalue weighted by Crippen LogP contribution is 2.35. The van der Waals surface area contributed by atoms with Crippen LogP contribution in [-0.2, 0) is 4.79 Å². The summed E-state index contributed by atoms with van der Waals surface area (Å²) in [5.74, 6) is 1.13. The van der Waals surface area contributed by atoms with Crippen molar-refractivity contribution in [3.05, 3.63) is 71.3 Å². The molecule has 0 atom stereocenters. The zero-order chi connectivity index (χ0) is 24.6. The van der Waals surface area contributed by atoms with Crippen molar-refractivity contribution in [2.45, 2.75) is 50.8 Å². The van der Waals surface area contributed by atoms with E-state index < -0.39 is 0 Å². The number of hydrogen-bond donors (Lipinski definition) is 0. The number of carbonyl (C=O) groups is 1. The molecule has 0 aliphatic carbocycles. The van der Waals surface area contributed by atoms with Crippen LogP contribution in [0.2, 0.25) is 0 Å². The minimum absolute atomic E-state index is 0.00261. The SMILES string of the molecule is CCCCCN1C(=O)/C(=C/c2cn(-c3ccccc3)nc2-c2ccc(SCCCC)cc2)SC1=S. The fraction of sp³-hybridized carbons (Fsp3) is 0.321. The van der Waals surface area contributed by atoms with Gasteiger partial charge in [-0.15, -0.1) is 11.8 Å². The van der Waals surface area contributed by atoms with Crippen molar-refractivity contribution >= 4 is 52.0 Å². The van der Waals surface area contributed by atoms with E-state index in [0.717, 1.165) is 47.5 Å². The van der Waals surface area contributed by atoms with Crippen molar-refractivity contribution in [3.8, 4) is 16.9 Å². The van der Waals surface area contributed by atoms with Crippen LogP contribution in [0.3, 0.4) is 0 Å². The van der Waals surface area contributed by atoms with E-state index in [1.807, 2.05) is 59.0 Å². The molecule has 4 nitrogen and oxygen atoms in total. The monoisotopic (exact) mass is 521 g/mol. The van der Waals surface area contributed by atoms with E-state index in [1.165, 1.54) is 29.5 Å². The molecule has 0 N–H and O–H groups in total. The summed E-state index contributed by atoms with van der Waals surface area (Å²) in [5.41, 5.74) is 3.78. The maximum absolute atomic E-state index is 13.1. The molecule has 35 heavy (non-hydrogen) atoms. The molecule has 182 valence electrons. The van der Waals surface area contributed by atoms with Gasteiger partial charge in [-0.1, -0.05) is 87.4 Å². The predicted octanol–water partition coefficient (Wildman–Crippen LogP) is 7.82. The third-order valence-corrected chi connectivity index (χ3v) is 8.28. The van der Waals surface area contributed by atoms with E-state index in [4.69, 9.17) is 17.3 Å². The number of thioether (sulfide) groups is 2. The van der Waals surface area contributed by atoms with Gasteiger partial charge in [-0.3, -0.25) is 9.69 Å². The van der Waals surface area contributed by atoms with Gasteiger partial charge in [0.1, 0.15) is 4.32 Å². The summed E-state index contributed by atoms with van der Waals surface area (Å²) in [6, 6.07) is 18.6. The molecule has 7 heteroatoms. The van der Waals surface area contributed by atoms with Crippen LogP contribution in [0.25, 0.3) is 23.0 Å². The molecule has 4 rings (SSSR count). The third-order valence-electron chi connectivity index (χ3n) is 5.80. The van der Waals surface area contributed by atoms with Crippen LogP contribution in [0.5, 0.6) is 0 Å². The second-order valence-corrected chi connectivity index (χ2v) is 11.3. The Labute approximate surface area is 222 Å². The summed E-state index contributed by atoms with van der Waals surface area (Å²) in [5, 5.41) is 4.92. The van der Waals surface area contributed by atoms with Crippen LogP contribution in [0.15, 0.2) is 70.6 Å². The standard InChI is InChI=1S/C28H31N3OS3/c1-3-5-10-17-30-27(32)25(35-28(30)33)19-22-20-31(23-11-8-7-9-12-23)29-26(22)21-13-15-24(16-14-21)34-18-6-4-2/h7-9,11-16,19-20H,3-6,10,17-18H2,1-2H3/b25-19-. The first-order chi connectivity index (χ1) is 17.1. The summed E-state index contributed by atoms with van der Waals surface area (Å²) < 4.78 is 2.52. The number of thiocarbonyl (C=S) groups is 1. The Hall–Kier alpha value is -2.35. The smallest absolute Gasteiger partial charge is 0.266 e. The van der Waals surface area contributed by atoms with Gasteiger partial charge in [-0.25, -0.2) is 4.68 Å². The maximum atomic E-state index is 13.1. The lowest BCUT2D eigenvalue weighted by Crippen LogP contribution is -2.28. The maximum Gasteiger partial charge on any atom is 0.266 e. The molecule has 1 aromatic heterocycles. The van der Waals surface area contributed by atoms with Gasteiger partial charge in [-0.05, 0) is 48.9 Å². The third kappa shape index (κ3) is 6.46. The molecule has 0 unspecified atom stereocenters. The lowest BCUT2D eigenvalue weighted by molar-refractivity contribution is -0.122. The largest absolute Gasteiger partial charge is 0.293 e. The van der Waals surface area contributed by atoms with Crippen molar-refractivity contribution in [3.63, 3.8) is 0 Å². The molecule has 0 spiro atoms. The van der Waals surface area contributed by atoms with Crippen LogP contribution in [-0.4, -0.2) is 37.2 Å². The van der Waals surface area contributed by atoms with E-state index in [-0.39, 0.29) is 5.91 Å². The summed E-state index contributed by atoms with van der Waals surface area (Å²) in [4.78, 5) is 16.8. The first-order valence-electron chi connectivity index (χ1n) is 12.2. The lowest BCUT2D eigenvalue weighted by atomic mass is 10.1. The van der Waals surface area contributed by atoms with Gasteiger partial charge in [0.05, 0.1) is 16.3 Å². The molecule has 0 saturated carbocycles. The summed E-state index contributed by atoms with van der Waals surface area (Å²) in [6.07, 6.45) is 9.54. The van der Waals surface area contributed by atoms with Gasteiger partial charge < -0.3 is 0 Å². The zero-order valence-corrected chi connectivity index (χ0v) is 22.7. The molecule has 1 aliphatic heterocycles. The average Bonchev–Trinajstić information content (AvgIpc) is 3.41. The van der Waals surface area contributed by atoms with Crippen molar-refractivity contribution in [1.29, 1.82) is 0 Å². The second-order valence-electron chi connectivity index (χ2n) is 8.48. The number of benzene rings is 2. The minimum Gasteiger partial charge on any atom is -0.293 e. The number of hydrogen-bond acceptors (Lipinski definition) is 5. The number of aromatic nitrogens is 2. The molecular weight excluding hydrogens is 491 g/mol. The second kappa shape index (κ2) is 12.6. The molecule has 0 bridgehead atoms. The predicted molar refractivity (Wildman–Crippen MR) is 154 cm³/mol. The Bertz CT molecular complexity index is 1190. The van der Waals surface area contributed by atoms with Gasteiger partial charge in [0.2, 0.25) is 0 Å². The molecule has 1 aliphatic rings. The molecule has 1 saturated heterocycles. The number of carbonyl (C=O) groups excluding carboxylic acids is 1. The van der Waals surface area contributed by atoms with E-state index in [0.29, 0.717) is 15.8 Å². The molecule has 3 aromatic rings. The molecular formula is C28H31N3OS3. The quantitative estimate of drug-likeness (QED) is 0.111. The normalized spacial score (nSPS) is 14.9. The van der Waals surface area contributed by atoms with Crippen molar-refractivity contribution in [1.82, 2.24) is 14.7 Å². The number of unbranched alkanes of at least 4 members (excludes halogenated alkanes) is 3. The number of para-hydroxylation sites is 1. The van der Waals surface area contributed by atoms with Crippen molar-refractivity contribution in [2.75, 3.05) is 12.3 Å². The summed E-state index contributed by atoms with van der Waals surface area (Å²) >= 11 is 8.80. The fourth-order valence-corrected chi connectivity index (χ4v) is 6.12. The van der Waals surface area contributed by atoms with Gasteiger partial charge in [0.25, 0.3) is 5.91 Å². The Balaban J connectivity index is 1.65. The molecule has 1 amide bonds. The van der Waals surface area contributed by atoms with E-state index in [9.17, 15) is 4.79 Å². The Morgan fingerprint density at radius 1 is 1.00 bits per heavy atom. The van der Waals surface area contributed by atoms with E-state index in [1.54, 1.807) is 4.90 Å². The minimum atomic E-state index is -0.00261. The van der Waals surface area contributed by atoms with Crippen molar-refractivity contribution in [2.24, 2.45) is 0 Å². The van der Waals surface area contributed by atoms with Gasteiger partial charge in [0.15, 0.2) is 0 Å². The summed E-state index contributed by atoms with van der Waals surface area (Å²) in [7, 11) is 0. The Morgan fingerprint density at radius 2 is 1.74 bits per heavy atom. The van der Waals surface area contributed by atoms with Gasteiger partial charge in [-0.2, -0.15) is 5.10 Å². The zero-order valence-electron chi connectivity index (χ0n) is 20.3. The Morgan fingerprint density at radius 3 is 2.46 bits per heavy atom. The Kier molecular flexibility index (Phi) is 9.24. The van der Waals surface area contributed by atoms with Crippen LogP contribution in [0.4, 0.5) is 0 Å². The molecule has 1 fully saturated rings. The van der Waals surface area contributed by atoms with Gasteiger partial charge >= 0.3 is 0 Å². The van der Waals surface area contributed by atoms with Gasteiger partial charge in [0, 0.05) is 28.8 Å². The first kappa shape index (κ1) is 25.7. The van der Waals surface area contributed by atoms with Crippen LogP contribution >= 0.6 is 35.7 Å². The van der Waals surface area contributed by atoms with Crippen LogP contribution in [0, 0.1) is 0 Å². The van der Waals surface area contributed by atoms with Crippen molar-refractivity contribution < 1.29 is 4.79 Å². The number of rotatable bonds is 11. The highest BCUT2D eigenvalue weighted by atomic mass is 32.2. The molecule has 2 heterocycles. The highest BCUT2D eigenvalue weighted by Gasteiger charge is 2.32. The number of nitrogens with zero attached hydrogens (tertiary/aromatic N) is 3. The fourth-order valence-electron chi connectivity index (χ4n) is 3.83. The molecule has 0 radical (unpaired) electrons. The van der Waals surface area contributed by atoms with E-state index >= 15 is 0 Å².